The standard InChI is InChI=1S/C23H19FN6O2S/c1-25-22(31)18-13-15(11-12-19(18)24)26-23(32)17-9-5-6-10-20(17)33-14-21-27-28-29-30(21)16-7-3-2-4-8-16/h2-13H,14H2,1H3,(H,25,31)(H,26,32). The van der Waals surface area contributed by atoms with Gasteiger partial charge in [-0.2, -0.15) is 4.68 Å². The second-order valence-corrected chi connectivity index (χ2v) is 7.87. The van der Waals surface area contributed by atoms with E-state index >= 15 is 0 Å². The number of rotatable bonds is 7. The van der Waals surface area contributed by atoms with Crippen LogP contribution < -0.4 is 10.6 Å². The Bertz CT molecular complexity index is 1300. The van der Waals surface area contributed by atoms with Crippen molar-refractivity contribution in [3.63, 3.8) is 0 Å². The van der Waals surface area contributed by atoms with Crippen molar-refractivity contribution < 1.29 is 14.0 Å². The van der Waals surface area contributed by atoms with Gasteiger partial charge in [0.15, 0.2) is 5.82 Å². The molecular weight excluding hydrogens is 443 g/mol. The van der Waals surface area contributed by atoms with E-state index in [2.05, 4.69) is 26.2 Å². The molecule has 2 N–H and O–H groups in total. The Morgan fingerprint density at radius 3 is 2.52 bits per heavy atom. The molecule has 0 radical (unpaired) electrons. The smallest absolute Gasteiger partial charge is 0.256 e. The first-order valence-electron chi connectivity index (χ1n) is 9.94. The average molecular weight is 463 g/mol. The zero-order chi connectivity index (χ0) is 23.2. The molecule has 0 atom stereocenters. The Hall–Kier alpha value is -4.05. The molecular formula is C23H19FN6O2S. The van der Waals surface area contributed by atoms with E-state index < -0.39 is 11.7 Å². The maximum atomic E-state index is 13.9. The summed E-state index contributed by atoms with van der Waals surface area (Å²) in [5, 5.41) is 17.0. The molecule has 2 amide bonds. The molecule has 0 saturated carbocycles. The predicted octanol–water partition coefficient (Wildman–Crippen LogP) is 3.71. The number of hydrogen-bond acceptors (Lipinski definition) is 6. The Kier molecular flexibility index (Phi) is 6.75. The minimum absolute atomic E-state index is 0.147. The van der Waals surface area contributed by atoms with Gasteiger partial charge in [0.05, 0.1) is 22.6 Å². The van der Waals surface area contributed by atoms with Crippen LogP contribution in [-0.2, 0) is 5.75 Å². The van der Waals surface area contributed by atoms with Gasteiger partial charge in [0, 0.05) is 17.6 Å². The number of hydrogen-bond donors (Lipinski definition) is 2. The van der Waals surface area contributed by atoms with E-state index in [4.69, 9.17) is 0 Å². The minimum Gasteiger partial charge on any atom is -0.355 e. The first-order chi connectivity index (χ1) is 16.1. The van der Waals surface area contributed by atoms with Crippen LogP contribution in [0.3, 0.4) is 0 Å². The zero-order valence-corrected chi connectivity index (χ0v) is 18.3. The first-order valence-corrected chi connectivity index (χ1v) is 10.9. The highest BCUT2D eigenvalue weighted by Crippen LogP contribution is 2.27. The highest BCUT2D eigenvalue weighted by atomic mass is 32.2. The summed E-state index contributed by atoms with van der Waals surface area (Å²) >= 11 is 1.42. The minimum atomic E-state index is -0.667. The zero-order valence-electron chi connectivity index (χ0n) is 17.5. The van der Waals surface area contributed by atoms with Gasteiger partial charge in [0.1, 0.15) is 5.82 Å². The summed E-state index contributed by atoms with van der Waals surface area (Å²) in [6.45, 7) is 0. The molecule has 0 saturated heterocycles. The van der Waals surface area contributed by atoms with Gasteiger partial charge in [-0.25, -0.2) is 4.39 Å². The topological polar surface area (TPSA) is 102 Å². The van der Waals surface area contributed by atoms with Crippen molar-refractivity contribution in [1.82, 2.24) is 25.5 Å². The number of aromatic nitrogens is 4. The van der Waals surface area contributed by atoms with Crippen molar-refractivity contribution >= 4 is 29.3 Å². The molecule has 1 aromatic heterocycles. The number of para-hydroxylation sites is 1. The average Bonchev–Trinajstić information content (AvgIpc) is 3.33. The lowest BCUT2D eigenvalue weighted by Gasteiger charge is -2.11. The van der Waals surface area contributed by atoms with E-state index in [1.54, 1.807) is 16.8 Å². The van der Waals surface area contributed by atoms with Crippen molar-refractivity contribution in [3.8, 4) is 5.69 Å². The lowest BCUT2D eigenvalue weighted by Crippen LogP contribution is -2.20. The largest absolute Gasteiger partial charge is 0.355 e. The fourth-order valence-corrected chi connectivity index (χ4v) is 4.05. The number of anilines is 1. The van der Waals surface area contributed by atoms with E-state index in [1.807, 2.05) is 42.5 Å². The molecule has 0 aliphatic rings. The lowest BCUT2D eigenvalue weighted by molar-refractivity contribution is 0.0957. The van der Waals surface area contributed by atoms with Crippen LogP contribution in [0.2, 0.25) is 0 Å². The van der Waals surface area contributed by atoms with Crippen LogP contribution >= 0.6 is 11.8 Å². The van der Waals surface area contributed by atoms with Crippen molar-refractivity contribution in [3.05, 3.63) is 95.6 Å². The van der Waals surface area contributed by atoms with E-state index in [9.17, 15) is 14.0 Å². The van der Waals surface area contributed by atoms with E-state index in [1.165, 1.54) is 30.9 Å². The molecule has 3 aromatic carbocycles. The summed E-state index contributed by atoms with van der Waals surface area (Å²) in [5.74, 6) is -0.552. The molecule has 8 nitrogen and oxygen atoms in total. The number of carbonyl (C=O) groups is 2. The molecule has 4 aromatic rings. The van der Waals surface area contributed by atoms with Crippen LogP contribution in [0, 0.1) is 5.82 Å². The molecule has 10 heteroatoms. The molecule has 0 bridgehead atoms. The fourth-order valence-electron chi connectivity index (χ4n) is 3.10. The summed E-state index contributed by atoms with van der Waals surface area (Å²) in [6, 6.07) is 20.5. The van der Waals surface area contributed by atoms with Gasteiger partial charge in [0.25, 0.3) is 11.8 Å². The third-order valence-electron chi connectivity index (χ3n) is 4.72. The molecule has 1 heterocycles. The second kappa shape index (κ2) is 10.0. The summed E-state index contributed by atoms with van der Waals surface area (Å²) in [6.07, 6.45) is 0. The molecule has 0 aliphatic heterocycles. The second-order valence-electron chi connectivity index (χ2n) is 6.86. The molecule has 0 fully saturated rings. The van der Waals surface area contributed by atoms with E-state index in [0.29, 0.717) is 22.8 Å². The number of tetrazole rings is 1. The summed E-state index contributed by atoms with van der Waals surface area (Å²) < 4.78 is 15.6. The van der Waals surface area contributed by atoms with Gasteiger partial charge >= 0.3 is 0 Å². The van der Waals surface area contributed by atoms with E-state index in [-0.39, 0.29) is 11.5 Å². The van der Waals surface area contributed by atoms with Crippen LogP contribution in [0.15, 0.2) is 77.7 Å². The number of carbonyl (C=O) groups excluding carboxylic acids is 2. The molecule has 4 rings (SSSR count). The number of thioether (sulfide) groups is 1. The van der Waals surface area contributed by atoms with E-state index in [0.717, 1.165) is 16.6 Å². The van der Waals surface area contributed by atoms with Crippen LogP contribution in [0.4, 0.5) is 10.1 Å². The lowest BCUT2D eigenvalue weighted by atomic mass is 10.1. The predicted molar refractivity (Wildman–Crippen MR) is 123 cm³/mol. The Balaban J connectivity index is 1.51. The monoisotopic (exact) mass is 462 g/mol. The van der Waals surface area contributed by atoms with Crippen molar-refractivity contribution in [1.29, 1.82) is 0 Å². The van der Waals surface area contributed by atoms with Crippen molar-refractivity contribution in [2.75, 3.05) is 12.4 Å². The fraction of sp³-hybridized carbons (Fsp3) is 0.0870. The maximum absolute atomic E-state index is 13.9. The van der Waals surface area contributed by atoms with Crippen LogP contribution in [0.5, 0.6) is 0 Å². The highest BCUT2D eigenvalue weighted by Gasteiger charge is 2.16. The van der Waals surface area contributed by atoms with Gasteiger partial charge in [-0.15, -0.1) is 16.9 Å². The maximum Gasteiger partial charge on any atom is 0.256 e. The Morgan fingerprint density at radius 2 is 1.73 bits per heavy atom. The molecule has 166 valence electrons. The van der Waals surface area contributed by atoms with Crippen LogP contribution in [-0.4, -0.2) is 39.1 Å². The van der Waals surface area contributed by atoms with Crippen molar-refractivity contribution in [2.24, 2.45) is 0 Å². The number of amides is 2. The van der Waals surface area contributed by atoms with Crippen molar-refractivity contribution in [2.45, 2.75) is 10.6 Å². The number of nitrogens with zero attached hydrogens (tertiary/aromatic N) is 4. The van der Waals surface area contributed by atoms with Crippen LogP contribution in [0.1, 0.15) is 26.5 Å². The normalized spacial score (nSPS) is 10.6. The van der Waals surface area contributed by atoms with Gasteiger partial charge in [0.2, 0.25) is 0 Å². The molecule has 0 unspecified atom stereocenters. The number of halogens is 1. The molecule has 0 aliphatic carbocycles. The molecule has 33 heavy (non-hydrogen) atoms. The third-order valence-corrected chi connectivity index (χ3v) is 5.79. The SMILES string of the molecule is CNC(=O)c1cc(NC(=O)c2ccccc2SCc2nnnn2-c2ccccc2)ccc1F. The van der Waals surface area contributed by atoms with Gasteiger partial charge in [-0.05, 0) is 52.9 Å². The Labute approximate surface area is 193 Å². The first kappa shape index (κ1) is 22.2. The summed E-state index contributed by atoms with van der Waals surface area (Å²) in [5.41, 5.74) is 1.44. The van der Waals surface area contributed by atoms with Gasteiger partial charge < -0.3 is 10.6 Å². The highest BCUT2D eigenvalue weighted by molar-refractivity contribution is 7.98. The summed E-state index contributed by atoms with van der Waals surface area (Å²) in [4.78, 5) is 25.5. The van der Waals surface area contributed by atoms with Gasteiger partial charge in [-0.3, -0.25) is 9.59 Å². The number of benzene rings is 3. The van der Waals surface area contributed by atoms with Gasteiger partial charge in [-0.1, -0.05) is 30.3 Å². The Morgan fingerprint density at radius 1 is 0.970 bits per heavy atom. The third kappa shape index (κ3) is 5.07. The number of nitrogens with one attached hydrogen (secondary N) is 2. The molecule has 0 spiro atoms. The van der Waals surface area contributed by atoms with Crippen LogP contribution in [0.25, 0.3) is 5.69 Å². The quantitative estimate of drug-likeness (QED) is 0.406. The summed E-state index contributed by atoms with van der Waals surface area (Å²) in [7, 11) is 1.41.